The van der Waals surface area contributed by atoms with E-state index < -0.39 is 0 Å². The Kier molecular flexibility index (Phi) is 6.10. The van der Waals surface area contributed by atoms with Crippen LogP contribution in [0, 0.1) is 11.3 Å². The van der Waals surface area contributed by atoms with E-state index in [1.54, 1.807) is 18.2 Å². The van der Waals surface area contributed by atoms with Gasteiger partial charge in [0.25, 0.3) is 5.91 Å². The number of aromatic nitrogens is 2. The summed E-state index contributed by atoms with van der Waals surface area (Å²) in [6.07, 6.45) is 4.67. The highest BCUT2D eigenvalue weighted by atomic mass is 16.1. The molecule has 1 aromatic heterocycles. The molecule has 0 bridgehead atoms. The molecule has 0 radical (unpaired) electrons. The average molecular weight is 357 g/mol. The SMILES string of the molecule is N#Cc1ccccc1Nc1cnc(C(=O)NCCCc2ccccc2)cn1. The third kappa shape index (κ3) is 5.13. The second-order valence-corrected chi connectivity index (χ2v) is 5.91. The molecular weight excluding hydrogens is 338 g/mol. The fourth-order valence-corrected chi connectivity index (χ4v) is 2.57. The van der Waals surface area contributed by atoms with E-state index in [1.165, 1.54) is 18.0 Å². The highest BCUT2D eigenvalue weighted by molar-refractivity contribution is 5.92. The van der Waals surface area contributed by atoms with Crippen LogP contribution in [-0.2, 0) is 6.42 Å². The summed E-state index contributed by atoms with van der Waals surface area (Å²) in [6.45, 7) is 0.574. The number of amides is 1. The lowest BCUT2D eigenvalue weighted by Gasteiger charge is -2.08. The van der Waals surface area contributed by atoms with Crippen molar-refractivity contribution in [2.45, 2.75) is 12.8 Å². The number of hydrogen-bond acceptors (Lipinski definition) is 5. The number of nitrogens with one attached hydrogen (secondary N) is 2. The molecule has 134 valence electrons. The van der Waals surface area contributed by atoms with E-state index in [0.717, 1.165) is 12.8 Å². The second-order valence-electron chi connectivity index (χ2n) is 5.91. The van der Waals surface area contributed by atoms with Crippen molar-refractivity contribution in [3.8, 4) is 6.07 Å². The first kappa shape index (κ1) is 18.1. The predicted octanol–water partition coefficient (Wildman–Crippen LogP) is 3.45. The Morgan fingerprint density at radius 2 is 1.78 bits per heavy atom. The first-order chi connectivity index (χ1) is 13.3. The van der Waals surface area contributed by atoms with Gasteiger partial charge in [-0.05, 0) is 30.5 Å². The van der Waals surface area contributed by atoms with Gasteiger partial charge >= 0.3 is 0 Å². The molecule has 6 heteroatoms. The Balaban J connectivity index is 1.50. The van der Waals surface area contributed by atoms with Crippen LogP contribution in [0.3, 0.4) is 0 Å². The summed E-state index contributed by atoms with van der Waals surface area (Å²) in [6, 6.07) is 19.4. The molecule has 0 saturated carbocycles. The molecule has 0 aliphatic rings. The number of anilines is 2. The van der Waals surface area contributed by atoms with Crippen LogP contribution in [0.15, 0.2) is 67.0 Å². The molecule has 0 atom stereocenters. The molecule has 2 aromatic carbocycles. The van der Waals surface area contributed by atoms with Gasteiger partial charge in [-0.25, -0.2) is 9.97 Å². The quantitative estimate of drug-likeness (QED) is 0.632. The molecule has 6 nitrogen and oxygen atoms in total. The van der Waals surface area contributed by atoms with Crippen molar-refractivity contribution in [3.05, 3.63) is 83.8 Å². The van der Waals surface area contributed by atoms with Crippen LogP contribution in [0.25, 0.3) is 0 Å². The fraction of sp³-hybridized carbons (Fsp3) is 0.143. The summed E-state index contributed by atoms with van der Waals surface area (Å²) in [7, 11) is 0. The van der Waals surface area contributed by atoms with Gasteiger partial charge in [0, 0.05) is 6.54 Å². The second kappa shape index (κ2) is 9.11. The van der Waals surface area contributed by atoms with Gasteiger partial charge in [-0.1, -0.05) is 42.5 Å². The zero-order valence-electron chi connectivity index (χ0n) is 14.7. The molecule has 0 aliphatic heterocycles. The van der Waals surface area contributed by atoms with Crippen molar-refractivity contribution in [1.82, 2.24) is 15.3 Å². The summed E-state index contributed by atoms with van der Waals surface area (Å²) >= 11 is 0. The third-order valence-electron chi connectivity index (χ3n) is 3.97. The molecule has 1 heterocycles. The molecule has 2 N–H and O–H groups in total. The monoisotopic (exact) mass is 357 g/mol. The number of benzene rings is 2. The van der Waals surface area contributed by atoms with Crippen LogP contribution < -0.4 is 10.6 Å². The topological polar surface area (TPSA) is 90.7 Å². The van der Waals surface area contributed by atoms with E-state index in [-0.39, 0.29) is 11.6 Å². The van der Waals surface area contributed by atoms with Gasteiger partial charge < -0.3 is 10.6 Å². The van der Waals surface area contributed by atoms with Crippen LogP contribution in [-0.4, -0.2) is 22.4 Å². The maximum Gasteiger partial charge on any atom is 0.271 e. The summed E-state index contributed by atoms with van der Waals surface area (Å²) < 4.78 is 0. The summed E-state index contributed by atoms with van der Waals surface area (Å²) in [5, 5.41) is 15.0. The zero-order chi connectivity index (χ0) is 18.9. The summed E-state index contributed by atoms with van der Waals surface area (Å²) in [5.41, 5.74) is 2.67. The Labute approximate surface area is 157 Å². The van der Waals surface area contributed by atoms with Crippen LogP contribution in [0.5, 0.6) is 0 Å². The Bertz CT molecular complexity index is 933. The lowest BCUT2D eigenvalue weighted by Crippen LogP contribution is -2.25. The van der Waals surface area contributed by atoms with E-state index in [9.17, 15) is 4.79 Å². The van der Waals surface area contributed by atoms with Gasteiger partial charge in [-0.15, -0.1) is 0 Å². The van der Waals surface area contributed by atoms with Gasteiger partial charge in [0.05, 0.1) is 23.6 Å². The van der Waals surface area contributed by atoms with Crippen molar-refractivity contribution in [1.29, 1.82) is 5.26 Å². The predicted molar refractivity (Wildman–Crippen MR) is 104 cm³/mol. The number of nitrogens with zero attached hydrogens (tertiary/aromatic N) is 3. The largest absolute Gasteiger partial charge is 0.351 e. The molecule has 3 aromatic rings. The van der Waals surface area contributed by atoms with Crippen LogP contribution in [0.2, 0.25) is 0 Å². The molecule has 0 unspecified atom stereocenters. The van der Waals surface area contributed by atoms with Crippen molar-refractivity contribution in [2.24, 2.45) is 0 Å². The summed E-state index contributed by atoms with van der Waals surface area (Å²) in [4.78, 5) is 20.5. The lowest BCUT2D eigenvalue weighted by molar-refractivity contribution is 0.0948. The Morgan fingerprint density at radius 3 is 2.52 bits per heavy atom. The first-order valence-electron chi connectivity index (χ1n) is 8.66. The van der Waals surface area contributed by atoms with Crippen molar-refractivity contribution < 1.29 is 4.79 Å². The smallest absolute Gasteiger partial charge is 0.271 e. The van der Waals surface area contributed by atoms with E-state index in [4.69, 9.17) is 5.26 Å². The van der Waals surface area contributed by atoms with Crippen molar-refractivity contribution in [2.75, 3.05) is 11.9 Å². The van der Waals surface area contributed by atoms with Crippen molar-refractivity contribution >= 4 is 17.4 Å². The lowest BCUT2D eigenvalue weighted by atomic mass is 10.1. The number of carbonyl (C=O) groups excluding carboxylic acids is 1. The van der Waals surface area contributed by atoms with Gasteiger partial charge in [-0.3, -0.25) is 4.79 Å². The molecule has 1 amide bonds. The van der Waals surface area contributed by atoms with Gasteiger partial charge in [0.1, 0.15) is 17.6 Å². The van der Waals surface area contributed by atoms with E-state index in [0.29, 0.717) is 23.6 Å². The van der Waals surface area contributed by atoms with Gasteiger partial charge in [0.15, 0.2) is 0 Å². The molecule has 0 spiro atoms. The molecule has 3 rings (SSSR count). The number of para-hydroxylation sites is 1. The van der Waals surface area contributed by atoms with Gasteiger partial charge in [-0.2, -0.15) is 5.26 Å². The summed E-state index contributed by atoms with van der Waals surface area (Å²) in [5.74, 6) is 0.220. The minimum absolute atomic E-state index is 0.250. The van der Waals surface area contributed by atoms with Crippen LogP contribution >= 0.6 is 0 Å². The number of carbonyl (C=O) groups is 1. The average Bonchev–Trinajstić information content (AvgIpc) is 2.73. The van der Waals surface area contributed by atoms with E-state index in [2.05, 4.69) is 38.8 Å². The molecule has 27 heavy (non-hydrogen) atoms. The molecule has 0 aliphatic carbocycles. The normalized spacial score (nSPS) is 10.0. The number of hydrogen-bond donors (Lipinski definition) is 2. The standard InChI is InChI=1S/C21H19N5O/c22-13-17-10-4-5-11-18(17)26-20-15-24-19(14-25-20)21(27)23-12-6-9-16-7-2-1-3-8-16/h1-5,7-8,10-11,14-15H,6,9,12H2,(H,23,27)(H,25,26). The number of nitriles is 1. The maximum atomic E-state index is 12.1. The van der Waals surface area contributed by atoms with Gasteiger partial charge in [0.2, 0.25) is 0 Å². The highest BCUT2D eigenvalue weighted by Gasteiger charge is 2.08. The van der Waals surface area contributed by atoms with Crippen molar-refractivity contribution in [3.63, 3.8) is 0 Å². The van der Waals surface area contributed by atoms with Crippen LogP contribution in [0.1, 0.15) is 28.0 Å². The van der Waals surface area contributed by atoms with E-state index in [1.807, 2.05) is 24.3 Å². The molecule has 0 saturated heterocycles. The maximum absolute atomic E-state index is 12.1. The number of rotatable bonds is 7. The Morgan fingerprint density at radius 1 is 1.00 bits per heavy atom. The highest BCUT2D eigenvalue weighted by Crippen LogP contribution is 2.18. The minimum atomic E-state index is -0.250. The first-order valence-corrected chi connectivity index (χ1v) is 8.66. The fourth-order valence-electron chi connectivity index (χ4n) is 2.57. The minimum Gasteiger partial charge on any atom is -0.351 e. The molecule has 0 fully saturated rings. The molecular formula is C21H19N5O. The number of aryl methyl sites for hydroxylation is 1. The van der Waals surface area contributed by atoms with Crippen LogP contribution in [0.4, 0.5) is 11.5 Å². The zero-order valence-corrected chi connectivity index (χ0v) is 14.7. The van der Waals surface area contributed by atoms with E-state index >= 15 is 0 Å². The Hall–Kier alpha value is -3.72. The third-order valence-corrected chi connectivity index (χ3v) is 3.97.